The SMILES string of the molecule is COC1CCC(O)(C2(C(=O)N3C[C@H](F)CC3C(=O)Nc3ccccc3C#N)CCCC2)CC1. The first-order valence-electron chi connectivity index (χ1n) is 11.8. The number of alkyl halides is 1. The molecule has 0 spiro atoms. The molecular weight excluding hydrogens is 425 g/mol. The van der Waals surface area contributed by atoms with Crippen LogP contribution in [-0.2, 0) is 14.3 Å². The van der Waals surface area contributed by atoms with Crippen LogP contribution in [0.1, 0.15) is 63.4 Å². The number of anilines is 1. The smallest absolute Gasteiger partial charge is 0.247 e. The highest BCUT2D eigenvalue weighted by atomic mass is 19.1. The van der Waals surface area contributed by atoms with Crippen molar-refractivity contribution in [3.05, 3.63) is 29.8 Å². The van der Waals surface area contributed by atoms with Gasteiger partial charge >= 0.3 is 0 Å². The lowest BCUT2D eigenvalue weighted by Crippen LogP contribution is -2.60. The van der Waals surface area contributed by atoms with Gasteiger partial charge in [-0.15, -0.1) is 0 Å². The lowest BCUT2D eigenvalue weighted by molar-refractivity contribution is -0.173. The van der Waals surface area contributed by atoms with E-state index in [9.17, 15) is 24.3 Å². The summed E-state index contributed by atoms with van der Waals surface area (Å²) in [7, 11) is 1.66. The zero-order valence-electron chi connectivity index (χ0n) is 19.1. The molecule has 1 aliphatic heterocycles. The third-order valence-electron chi connectivity index (χ3n) is 7.97. The van der Waals surface area contributed by atoms with Crippen molar-refractivity contribution in [1.29, 1.82) is 5.26 Å². The van der Waals surface area contributed by atoms with E-state index in [1.54, 1.807) is 31.4 Å². The first-order chi connectivity index (χ1) is 15.8. The number of amides is 2. The summed E-state index contributed by atoms with van der Waals surface area (Å²) in [4.78, 5) is 28.5. The summed E-state index contributed by atoms with van der Waals surface area (Å²) in [5.41, 5.74) is -1.54. The minimum Gasteiger partial charge on any atom is -0.389 e. The first kappa shape index (κ1) is 23.7. The van der Waals surface area contributed by atoms with Gasteiger partial charge in [0.15, 0.2) is 0 Å². The second kappa shape index (κ2) is 9.40. The minimum absolute atomic E-state index is 0.0690. The number of ether oxygens (including phenoxy) is 1. The maximum absolute atomic E-state index is 14.6. The normalized spacial score (nSPS) is 31.2. The molecule has 1 saturated heterocycles. The molecule has 0 aromatic heterocycles. The molecule has 2 N–H and O–H groups in total. The van der Waals surface area contributed by atoms with Crippen LogP contribution in [0.5, 0.6) is 0 Å². The molecule has 8 heteroatoms. The predicted octanol–water partition coefficient (Wildman–Crippen LogP) is 3.32. The van der Waals surface area contributed by atoms with Crippen LogP contribution >= 0.6 is 0 Å². The number of rotatable bonds is 5. The van der Waals surface area contributed by atoms with E-state index in [1.165, 1.54) is 4.90 Å². The van der Waals surface area contributed by atoms with Gasteiger partial charge in [0.05, 0.1) is 34.9 Å². The van der Waals surface area contributed by atoms with Crippen molar-refractivity contribution in [1.82, 2.24) is 4.90 Å². The molecule has 2 aliphatic carbocycles. The largest absolute Gasteiger partial charge is 0.389 e. The number of likely N-dealkylation sites (tertiary alicyclic amines) is 1. The molecule has 2 saturated carbocycles. The van der Waals surface area contributed by atoms with Gasteiger partial charge in [0.25, 0.3) is 0 Å². The highest BCUT2D eigenvalue weighted by Crippen LogP contribution is 2.54. The van der Waals surface area contributed by atoms with E-state index in [2.05, 4.69) is 5.32 Å². The van der Waals surface area contributed by atoms with Crippen LogP contribution < -0.4 is 5.32 Å². The Labute approximate surface area is 193 Å². The van der Waals surface area contributed by atoms with Gasteiger partial charge in [0.2, 0.25) is 11.8 Å². The van der Waals surface area contributed by atoms with E-state index < -0.39 is 29.1 Å². The average molecular weight is 458 g/mol. The number of nitrogens with one attached hydrogen (secondary N) is 1. The van der Waals surface area contributed by atoms with E-state index in [4.69, 9.17) is 4.74 Å². The van der Waals surface area contributed by atoms with Crippen LogP contribution in [0.15, 0.2) is 24.3 Å². The van der Waals surface area contributed by atoms with E-state index in [-0.39, 0.29) is 25.0 Å². The fourth-order valence-corrected chi connectivity index (χ4v) is 6.08. The number of hydrogen-bond acceptors (Lipinski definition) is 5. The molecule has 3 aliphatic rings. The summed E-state index contributed by atoms with van der Waals surface area (Å²) in [6.07, 6.45) is 3.64. The Morgan fingerprint density at radius 3 is 2.52 bits per heavy atom. The van der Waals surface area contributed by atoms with Gasteiger partial charge in [-0.3, -0.25) is 9.59 Å². The summed E-state index contributed by atoms with van der Waals surface area (Å²) in [6, 6.07) is 7.65. The molecule has 1 aromatic rings. The van der Waals surface area contributed by atoms with Crippen LogP contribution in [0.2, 0.25) is 0 Å². The van der Waals surface area contributed by atoms with E-state index in [1.807, 2.05) is 6.07 Å². The number of benzene rings is 1. The van der Waals surface area contributed by atoms with Gasteiger partial charge in [-0.25, -0.2) is 4.39 Å². The van der Waals surface area contributed by atoms with Crippen LogP contribution in [0.4, 0.5) is 10.1 Å². The van der Waals surface area contributed by atoms with Crippen molar-refractivity contribution in [3.8, 4) is 6.07 Å². The molecule has 3 fully saturated rings. The second-order valence-electron chi connectivity index (χ2n) is 9.71. The highest BCUT2D eigenvalue weighted by Gasteiger charge is 2.60. The number of carbonyl (C=O) groups excluding carboxylic acids is 2. The lowest BCUT2D eigenvalue weighted by Gasteiger charge is -2.49. The van der Waals surface area contributed by atoms with Gasteiger partial charge in [-0.2, -0.15) is 5.26 Å². The number of halogens is 1. The second-order valence-corrected chi connectivity index (χ2v) is 9.71. The Morgan fingerprint density at radius 2 is 1.88 bits per heavy atom. The summed E-state index contributed by atoms with van der Waals surface area (Å²) in [6.45, 7) is -0.157. The Balaban J connectivity index is 1.58. The molecule has 0 radical (unpaired) electrons. The maximum Gasteiger partial charge on any atom is 0.247 e. The van der Waals surface area contributed by atoms with Gasteiger partial charge in [-0.05, 0) is 50.7 Å². The number of methoxy groups -OCH3 is 1. The van der Waals surface area contributed by atoms with Crippen LogP contribution in [0, 0.1) is 16.7 Å². The molecule has 4 rings (SSSR count). The van der Waals surface area contributed by atoms with Crippen LogP contribution in [0.3, 0.4) is 0 Å². The first-order valence-corrected chi connectivity index (χ1v) is 11.8. The van der Waals surface area contributed by atoms with Gasteiger partial charge in [-0.1, -0.05) is 25.0 Å². The fourth-order valence-electron chi connectivity index (χ4n) is 6.08. The fraction of sp³-hybridized carbons (Fsp3) is 0.640. The van der Waals surface area contributed by atoms with Crippen molar-refractivity contribution in [2.75, 3.05) is 19.0 Å². The van der Waals surface area contributed by atoms with E-state index >= 15 is 0 Å². The Bertz CT molecular complexity index is 932. The number of carbonyl (C=O) groups is 2. The molecule has 7 nitrogen and oxygen atoms in total. The van der Waals surface area contributed by atoms with Crippen LogP contribution in [-0.4, -0.2) is 59.4 Å². The number of hydrogen-bond donors (Lipinski definition) is 2. The summed E-state index contributed by atoms with van der Waals surface area (Å²) >= 11 is 0. The highest BCUT2D eigenvalue weighted by molar-refractivity contribution is 5.99. The van der Waals surface area contributed by atoms with Crippen molar-refractivity contribution in [2.24, 2.45) is 5.41 Å². The molecule has 2 atom stereocenters. The van der Waals surface area contributed by atoms with Gasteiger partial charge in [0.1, 0.15) is 18.3 Å². The molecule has 33 heavy (non-hydrogen) atoms. The molecule has 1 aromatic carbocycles. The molecule has 2 amide bonds. The third-order valence-corrected chi connectivity index (χ3v) is 7.97. The summed E-state index contributed by atoms with van der Waals surface area (Å²) in [5.74, 6) is -0.818. The molecule has 1 unspecified atom stereocenters. The molecule has 0 bridgehead atoms. The van der Waals surface area contributed by atoms with Crippen molar-refractivity contribution in [2.45, 2.75) is 81.7 Å². The lowest BCUT2D eigenvalue weighted by atomic mass is 9.62. The van der Waals surface area contributed by atoms with Crippen molar-refractivity contribution >= 4 is 17.5 Å². The molecular formula is C25H32FN3O4. The molecule has 1 heterocycles. The average Bonchev–Trinajstić information content (AvgIpc) is 3.48. The number of nitriles is 1. The van der Waals surface area contributed by atoms with Crippen molar-refractivity contribution < 1.29 is 23.8 Å². The Morgan fingerprint density at radius 1 is 1.21 bits per heavy atom. The third kappa shape index (κ3) is 4.24. The van der Waals surface area contributed by atoms with Crippen molar-refractivity contribution in [3.63, 3.8) is 0 Å². The number of nitrogens with zero attached hydrogens (tertiary/aromatic N) is 2. The standard InChI is InChI=1S/C25H32FN3O4/c1-33-19-8-12-25(32,13-9-19)24(10-4-5-11-24)23(31)29-16-18(26)14-21(29)22(30)28-20-7-3-2-6-17(20)15-27/h2-3,6-7,18-19,21,32H,4-5,8-14,16H2,1H3,(H,28,30)/t18-,19?,21?,25?/m1/s1. The van der Waals surface area contributed by atoms with Gasteiger partial charge < -0.3 is 20.1 Å². The zero-order chi connectivity index (χ0) is 23.6. The quantitative estimate of drug-likeness (QED) is 0.706. The number of aliphatic hydroxyl groups is 1. The Hall–Kier alpha value is -2.50. The number of para-hydroxylation sites is 1. The maximum atomic E-state index is 14.6. The Kier molecular flexibility index (Phi) is 6.73. The van der Waals surface area contributed by atoms with Gasteiger partial charge in [0, 0.05) is 13.5 Å². The zero-order valence-corrected chi connectivity index (χ0v) is 19.1. The van der Waals surface area contributed by atoms with Crippen LogP contribution in [0.25, 0.3) is 0 Å². The predicted molar refractivity (Wildman–Crippen MR) is 120 cm³/mol. The topological polar surface area (TPSA) is 103 Å². The van der Waals surface area contributed by atoms with E-state index in [0.717, 1.165) is 12.8 Å². The monoisotopic (exact) mass is 457 g/mol. The minimum atomic E-state index is -1.31. The summed E-state index contributed by atoms with van der Waals surface area (Å²) in [5, 5.41) is 23.7. The molecule has 178 valence electrons. The van der Waals surface area contributed by atoms with E-state index in [0.29, 0.717) is 49.8 Å². The summed E-state index contributed by atoms with van der Waals surface area (Å²) < 4.78 is 20.0.